The van der Waals surface area contributed by atoms with Gasteiger partial charge in [-0.15, -0.1) is 0 Å². The van der Waals surface area contributed by atoms with Crippen LogP contribution in [0.1, 0.15) is 194 Å². The van der Waals surface area contributed by atoms with Crippen LogP contribution in [0.3, 0.4) is 0 Å². The Kier molecular flexibility index (Phi) is 39.3. The molecule has 0 aromatic rings. The average Bonchev–Trinajstić information content (AvgIpc) is 3.17. The molecule has 0 heterocycles. The van der Waals surface area contributed by atoms with Gasteiger partial charge in [-0.05, 0) is 64.2 Å². The molecule has 0 aliphatic heterocycles. The van der Waals surface area contributed by atoms with Gasteiger partial charge in [-0.25, -0.2) is 0 Å². The quantitative estimate of drug-likeness (QED) is 0.0274. The summed E-state index contributed by atoms with van der Waals surface area (Å²) in [7, 11) is 1.22. The largest absolute Gasteiger partial charge is 0.756 e. The summed E-state index contributed by atoms with van der Waals surface area (Å²) < 4.78 is 23.2. The van der Waals surface area contributed by atoms with Crippen LogP contribution in [0.15, 0.2) is 60.8 Å². The van der Waals surface area contributed by atoms with Gasteiger partial charge in [0.1, 0.15) is 13.2 Å². The molecule has 0 saturated carbocycles. The number of quaternary nitrogens is 1. The Labute approximate surface area is 358 Å². The summed E-state index contributed by atoms with van der Waals surface area (Å²) in [5.74, 6) is -0.226. The van der Waals surface area contributed by atoms with Gasteiger partial charge in [0.2, 0.25) is 5.91 Å². The zero-order valence-electron chi connectivity index (χ0n) is 38.2. The van der Waals surface area contributed by atoms with Crippen LogP contribution in [-0.2, 0) is 18.4 Å². The summed E-state index contributed by atoms with van der Waals surface area (Å²) in [5.41, 5.74) is 0. The fourth-order valence-electron chi connectivity index (χ4n) is 6.48. The molecule has 0 aliphatic carbocycles. The van der Waals surface area contributed by atoms with Crippen LogP contribution in [0.4, 0.5) is 0 Å². The molecule has 0 saturated heterocycles. The number of likely N-dealkylation sites (N-methyl/N-ethyl adjacent to an activating group) is 1. The van der Waals surface area contributed by atoms with Crippen LogP contribution in [0.2, 0.25) is 0 Å². The smallest absolute Gasteiger partial charge is 0.268 e. The third-order valence-electron chi connectivity index (χ3n) is 10.2. The number of hydrogen-bond acceptors (Lipinski definition) is 6. The van der Waals surface area contributed by atoms with Crippen molar-refractivity contribution in [3.63, 3.8) is 0 Å². The average molecular weight is 835 g/mol. The molecular formula is C49H91N2O6P. The van der Waals surface area contributed by atoms with E-state index in [4.69, 9.17) is 9.05 Å². The molecule has 0 aromatic heterocycles. The summed E-state index contributed by atoms with van der Waals surface area (Å²) in [5, 5.41) is 13.8. The van der Waals surface area contributed by atoms with Gasteiger partial charge in [-0.2, -0.15) is 0 Å². The molecule has 0 fully saturated rings. The highest BCUT2D eigenvalue weighted by Gasteiger charge is 2.23. The first-order valence-electron chi connectivity index (χ1n) is 23.7. The molecular weight excluding hydrogens is 744 g/mol. The van der Waals surface area contributed by atoms with Crippen LogP contribution < -0.4 is 10.2 Å². The number of unbranched alkanes of at least 4 members (excludes halogenated alkanes) is 21. The van der Waals surface area contributed by atoms with Gasteiger partial charge in [0.25, 0.3) is 7.82 Å². The van der Waals surface area contributed by atoms with E-state index in [0.717, 1.165) is 77.0 Å². The lowest BCUT2D eigenvalue weighted by atomic mass is 10.0. The van der Waals surface area contributed by atoms with Gasteiger partial charge in [0, 0.05) is 6.42 Å². The number of carbonyl (C=O) groups is 1. The van der Waals surface area contributed by atoms with Crippen LogP contribution in [0, 0.1) is 0 Å². The maximum Gasteiger partial charge on any atom is 0.268 e. The normalized spacial score (nSPS) is 14.8. The molecule has 0 aromatic carbocycles. The summed E-state index contributed by atoms with van der Waals surface area (Å²) >= 11 is 0. The predicted molar refractivity (Wildman–Crippen MR) is 247 cm³/mol. The summed E-state index contributed by atoms with van der Waals surface area (Å²) in [6, 6.07) is -0.914. The van der Waals surface area contributed by atoms with E-state index in [0.29, 0.717) is 17.4 Å². The van der Waals surface area contributed by atoms with Gasteiger partial charge in [0.05, 0.1) is 39.9 Å². The first-order chi connectivity index (χ1) is 28.0. The Morgan fingerprint density at radius 1 is 0.621 bits per heavy atom. The number of aliphatic hydroxyl groups excluding tert-OH is 1. The summed E-state index contributed by atoms with van der Waals surface area (Å²) in [4.78, 5) is 25.3. The number of allylic oxidation sites excluding steroid dienone is 9. The van der Waals surface area contributed by atoms with E-state index >= 15 is 0 Å². The second-order valence-corrected chi connectivity index (χ2v) is 18.5. The summed E-state index contributed by atoms with van der Waals surface area (Å²) in [6.45, 7) is 4.49. The molecule has 0 spiro atoms. The van der Waals surface area contributed by atoms with Gasteiger partial charge in [-0.1, -0.05) is 184 Å². The molecule has 0 radical (unpaired) electrons. The van der Waals surface area contributed by atoms with Crippen LogP contribution >= 0.6 is 7.82 Å². The van der Waals surface area contributed by atoms with Crippen molar-refractivity contribution in [3.8, 4) is 0 Å². The first-order valence-corrected chi connectivity index (χ1v) is 25.1. The highest BCUT2D eigenvalue weighted by atomic mass is 31.2. The minimum Gasteiger partial charge on any atom is -0.756 e. The fourth-order valence-corrected chi connectivity index (χ4v) is 7.20. The van der Waals surface area contributed by atoms with E-state index in [2.05, 4.69) is 67.8 Å². The van der Waals surface area contributed by atoms with Gasteiger partial charge < -0.3 is 28.8 Å². The topological polar surface area (TPSA) is 108 Å². The van der Waals surface area contributed by atoms with Crippen molar-refractivity contribution in [2.45, 2.75) is 206 Å². The molecule has 1 amide bonds. The van der Waals surface area contributed by atoms with Crippen molar-refractivity contribution < 1.29 is 32.9 Å². The highest BCUT2D eigenvalue weighted by Crippen LogP contribution is 2.38. The lowest BCUT2D eigenvalue weighted by Crippen LogP contribution is -2.45. The van der Waals surface area contributed by atoms with Crippen molar-refractivity contribution >= 4 is 13.7 Å². The second kappa shape index (κ2) is 40.6. The minimum absolute atomic E-state index is 0.0124. The molecule has 3 atom stereocenters. The van der Waals surface area contributed by atoms with Crippen molar-refractivity contribution in [2.24, 2.45) is 0 Å². The van der Waals surface area contributed by atoms with E-state index in [9.17, 15) is 19.4 Å². The number of amides is 1. The van der Waals surface area contributed by atoms with Crippen molar-refractivity contribution in [1.82, 2.24) is 5.32 Å². The molecule has 58 heavy (non-hydrogen) atoms. The molecule has 0 aliphatic rings. The van der Waals surface area contributed by atoms with E-state index in [-0.39, 0.29) is 12.5 Å². The third kappa shape index (κ3) is 42.3. The maximum atomic E-state index is 12.9. The maximum absolute atomic E-state index is 12.9. The Morgan fingerprint density at radius 2 is 1.07 bits per heavy atom. The second-order valence-electron chi connectivity index (χ2n) is 17.1. The summed E-state index contributed by atoms with van der Waals surface area (Å²) in [6.07, 6.45) is 52.8. The molecule has 338 valence electrons. The molecule has 0 rings (SSSR count). The molecule has 3 unspecified atom stereocenters. The van der Waals surface area contributed by atoms with E-state index in [1.165, 1.54) is 96.3 Å². The number of phosphoric ester groups is 1. The number of nitrogens with zero attached hydrogens (tertiary/aromatic N) is 1. The van der Waals surface area contributed by atoms with E-state index in [1.54, 1.807) is 6.08 Å². The van der Waals surface area contributed by atoms with Crippen molar-refractivity contribution in [2.75, 3.05) is 40.9 Å². The standard InChI is InChI=1S/C49H91N2O6P/c1-6-8-10-12-14-16-18-20-22-23-24-25-26-27-29-30-32-34-36-38-40-42-48(52)47(46-57-58(54,55)56-45-44-51(3,4)5)50-49(53)43-41-39-37-35-33-31-28-21-19-17-15-13-11-9-7-2/h9,11,15,17,21,28,32,34,40,42,47-48,52H,6-8,10,12-14,16,18-20,22-27,29-31,33,35-39,41,43-46H2,1-5H3,(H-,50,53,54,55)/b11-9-,17-15-,28-21-,34-32+,42-40+. The Morgan fingerprint density at radius 3 is 1.60 bits per heavy atom. The monoisotopic (exact) mass is 835 g/mol. The number of nitrogens with one attached hydrogen (secondary N) is 1. The van der Waals surface area contributed by atoms with Crippen LogP contribution in [0.25, 0.3) is 0 Å². The fraction of sp³-hybridized carbons (Fsp3) is 0.776. The number of hydrogen-bond donors (Lipinski definition) is 2. The third-order valence-corrected chi connectivity index (χ3v) is 11.2. The number of carbonyl (C=O) groups excluding carboxylic acids is 1. The molecule has 8 nitrogen and oxygen atoms in total. The SMILES string of the molecule is CC/C=C\C/C=C\C/C=C\CCCCCCCC(=O)NC(COP(=O)([O-])OCC[N+](C)(C)C)C(O)/C=C/CC/C=C/CCCCCCCCCCCCCCCCC. The molecule has 0 bridgehead atoms. The molecule has 2 N–H and O–H groups in total. The van der Waals surface area contributed by atoms with Crippen LogP contribution in [-0.4, -0.2) is 68.5 Å². The Balaban J connectivity index is 4.44. The molecule has 9 heteroatoms. The van der Waals surface area contributed by atoms with Crippen LogP contribution in [0.5, 0.6) is 0 Å². The lowest BCUT2D eigenvalue weighted by Gasteiger charge is -2.29. The highest BCUT2D eigenvalue weighted by molar-refractivity contribution is 7.45. The zero-order valence-corrected chi connectivity index (χ0v) is 39.1. The number of rotatable bonds is 42. The van der Waals surface area contributed by atoms with Crippen molar-refractivity contribution in [1.29, 1.82) is 0 Å². The number of phosphoric acid groups is 1. The van der Waals surface area contributed by atoms with E-state index < -0.39 is 26.6 Å². The number of aliphatic hydroxyl groups is 1. The van der Waals surface area contributed by atoms with Gasteiger partial charge >= 0.3 is 0 Å². The van der Waals surface area contributed by atoms with E-state index in [1.807, 2.05) is 27.2 Å². The minimum atomic E-state index is -4.60. The van der Waals surface area contributed by atoms with Gasteiger partial charge in [0.15, 0.2) is 0 Å². The predicted octanol–water partition coefficient (Wildman–Crippen LogP) is 12.8. The Hall–Kier alpha value is -1.80. The van der Waals surface area contributed by atoms with Crippen molar-refractivity contribution in [3.05, 3.63) is 60.8 Å². The Bertz CT molecular complexity index is 1130. The van der Waals surface area contributed by atoms with Gasteiger partial charge in [-0.3, -0.25) is 9.36 Å². The first kappa shape index (κ1) is 56.2. The zero-order chi connectivity index (χ0) is 42.8. The lowest BCUT2D eigenvalue weighted by molar-refractivity contribution is -0.870.